The van der Waals surface area contributed by atoms with Gasteiger partial charge in [0.05, 0.1) is 0 Å². The first-order valence-electron chi connectivity index (χ1n) is 7.47. The smallest absolute Gasteiger partial charge is 0.0424 e. The molecule has 1 aromatic rings. The van der Waals surface area contributed by atoms with E-state index in [9.17, 15) is 0 Å². The Labute approximate surface area is 132 Å². The van der Waals surface area contributed by atoms with E-state index in [0.29, 0.717) is 6.04 Å². The van der Waals surface area contributed by atoms with Crippen LogP contribution >= 0.6 is 23.2 Å². The lowest BCUT2D eigenvalue weighted by Gasteiger charge is -2.36. The Morgan fingerprint density at radius 3 is 2.20 bits per heavy atom. The molecule has 1 aromatic carbocycles. The van der Waals surface area contributed by atoms with Crippen molar-refractivity contribution in [3.63, 3.8) is 0 Å². The highest BCUT2D eigenvalue weighted by Crippen LogP contribution is 2.31. The van der Waals surface area contributed by atoms with Gasteiger partial charge in [0.1, 0.15) is 0 Å². The molecular weight excluding hydrogens is 291 g/mol. The van der Waals surface area contributed by atoms with Gasteiger partial charge in [-0.1, -0.05) is 37.0 Å². The van der Waals surface area contributed by atoms with Crippen LogP contribution < -0.4 is 5.32 Å². The molecule has 0 radical (unpaired) electrons. The Morgan fingerprint density at radius 1 is 1.05 bits per heavy atom. The molecule has 112 valence electrons. The molecule has 1 fully saturated rings. The summed E-state index contributed by atoms with van der Waals surface area (Å²) < 4.78 is 0. The van der Waals surface area contributed by atoms with E-state index in [1.165, 1.54) is 12.0 Å². The van der Waals surface area contributed by atoms with E-state index in [1.54, 1.807) is 0 Å². The van der Waals surface area contributed by atoms with Crippen molar-refractivity contribution in [2.75, 3.05) is 26.2 Å². The van der Waals surface area contributed by atoms with Gasteiger partial charge in [0.15, 0.2) is 0 Å². The van der Waals surface area contributed by atoms with Gasteiger partial charge in [0.2, 0.25) is 0 Å². The van der Waals surface area contributed by atoms with Gasteiger partial charge in [-0.15, -0.1) is 0 Å². The second kappa shape index (κ2) is 7.65. The summed E-state index contributed by atoms with van der Waals surface area (Å²) in [5, 5.41) is 4.88. The van der Waals surface area contributed by atoms with Gasteiger partial charge in [-0.05, 0) is 42.5 Å². The number of hydrogen-bond acceptors (Lipinski definition) is 2. The first-order chi connectivity index (χ1) is 9.56. The van der Waals surface area contributed by atoms with Crippen molar-refractivity contribution in [3.05, 3.63) is 33.8 Å². The molecule has 0 spiro atoms. The molecule has 1 heterocycles. The SMILES string of the molecule is CC(C)CC[C@@H](c1cc(Cl)cc(Cl)c1)N1CCNCC1. The zero-order valence-corrected chi connectivity index (χ0v) is 13.8. The van der Waals surface area contributed by atoms with E-state index in [1.807, 2.05) is 6.07 Å². The Balaban J connectivity index is 2.19. The Bertz CT molecular complexity index is 408. The monoisotopic (exact) mass is 314 g/mol. The molecule has 0 saturated carbocycles. The first-order valence-corrected chi connectivity index (χ1v) is 8.22. The first kappa shape index (κ1) is 16.1. The van der Waals surface area contributed by atoms with Gasteiger partial charge >= 0.3 is 0 Å². The summed E-state index contributed by atoms with van der Waals surface area (Å²) in [4.78, 5) is 2.56. The lowest BCUT2D eigenvalue weighted by molar-refractivity contribution is 0.160. The minimum atomic E-state index is 0.427. The van der Waals surface area contributed by atoms with Crippen molar-refractivity contribution in [1.82, 2.24) is 10.2 Å². The van der Waals surface area contributed by atoms with E-state index in [0.717, 1.165) is 48.6 Å². The zero-order chi connectivity index (χ0) is 14.5. The normalized spacial score (nSPS) is 18.4. The third-order valence-electron chi connectivity index (χ3n) is 3.88. The largest absolute Gasteiger partial charge is 0.314 e. The van der Waals surface area contributed by atoms with Crippen molar-refractivity contribution in [1.29, 1.82) is 0 Å². The van der Waals surface area contributed by atoms with Gasteiger partial charge in [-0.3, -0.25) is 4.90 Å². The zero-order valence-electron chi connectivity index (χ0n) is 12.3. The molecule has 1 aliphatic heterocycles. The fraction of sp³-hybridized carbons (Fsp3) is 0.625. The van der Waals surface area contributed by atoms with Crippen LogP contribution in [0.2, 0.25) is 10.0 Å². The molecule has 1 aliphatic rings. The standard InChI is InChI=1S/C16H24Cl2N2/c1-12(2)3-4-16(20-7-5-19-6-8-20)13-9-14(17)11-15(18)10-13/h9-12,16,19H,3-8H2,1-2H3/t16-/m0/s1. The van der Waals surface area contributed by atoms with Crippen LogP contribution in [-0.4, -0.2) is 31.1 Å². The maximum atomic E-state index is 6.18. The van der Waals surface area contributed by atoms with Gasteiger partial charge in [-0.25, -0.2) is 0 Å². The molecule has 2 rings (SSSR count). The molecule has 0 aromatic heterocycles. The van der Waals surface area contributed by atoms with Gasteiger partial charge in [-0.2, -0.15) is 0 Å². The number of halogens is 2. The fourth-order valence-electron chi connectivity index (χ4n) is 2.81. The Morgan fingerprint density at radius 2 is 1.65 bits per heavy atom. The van der Waals surface area contributed by atoms with E-state index in [4.69, 9.17) is 23.2 Å². The molecule has 0 unspecified atom stereocenters. The van der Waals surface area contributed by atoms with Crippen LogP contribution in [0, 0.1) is 5.92 Å². The van der Waals surface area contributed by atoms with Crippen molar-refractivity contribution in [3.8, 4) is 0 Å². The number of hydrogen-bond donors (Lipinski definition) is 1. The van der Waals surface area contributed by atoms with Crippen LogP contribution in [0.3, 0.4) is 0 Å². The van der Waals surface area contributed by atoms with Crippen LogP contribution in [0.1, 0.15) is 38.3 Å². The number of piperazine rings is 1. The molecule has 0 bridgehead atoms. The summed E-state index contributed by atoms with van der Waals surface area (Å²) in [6.07, 6.45) is 2.38. The predicted octanol–water partition coefficient (Wildman–Crippen LogP) is 4.38. The summed E-state index contributed by atoms with van der Waals surface area (Å²) in [6.45, 7) is 8.86. The topological polar surface area (TPSA) is 15.3 Å². The Hall–Kier alpha value is -0.280. The second-order valence-electron chi connectivity index (χ2n) is 5.98. The van der Waals surface area contributed by atoms with E-state index in [-0.39, 0.29) is 0 Å². The molecule has 1 atom stereocenters. The maximum absolute atomic E-state index is 6.18. The highest BCUT2D eigenvalue weighted by molar-refractivity contribution is 6.34. The highest BCUT2D eigenvalue weighted by atomic mass is 35.5. The summed E-state index contributed by atoms with van der Waals surface area (Å²) >= 11 is 12.4. The molecule has 20 heavy (non-hydrogen) atoms. The number of nitrogens with zero attached hydrogens (tertiary/aromatic N) is 1. The summed E-state index contributed by atoms with van der Waals surface area (Å²) in [7, 11) is 0. The van der Waals surface area contributed by atoms with Crippen molar-refractivity contribution >= 4 is 23.2 Å². The number of nitrogens with one attached hydrogen (secondary N) is 1. The molecule has 0 amide bonds. The average molecular weight is 315 g/mol. The second-order valence-corrected chi connectivity index (χ2v) is 6.85. The molecule has 2 nitrogen and oxygen atoms in total. The van der Waals surface area contributed by atoms with Crippen molar-refractivity contribution in [2.24, 2.45) is 5.92 Å². The summed E-state index contributed by atoms with van der Waals surface area (Å²) in [5.74, 6) is 0.718. The van der Waals surface area contributed by atoms with Crippen LogP contribution in [0.5, 0.6) is 0 Å². The predicted molar refractivity (Wildman–Crippen MR) is 87.7 cm³/mol. The number of rotatable bonds is 5. The van der Waals surface area contributed by atoms with E-state index in [2.05, 4.69) is 36.2 Å². The molecule has 4 heteroatoms. The fourth-order valence-corrected chi connectivity index (χ4v) is 3.36. The summed E-state index contributed by atoms with van der Waals surface area (Å²) in [6, 6.07) is 6.38. The third-order valence-corrected chi connectivity index (χ3v) is 4.32. The van der Waals surface area contributed by atoms with Gasteiger partial charge in [0.25, 0.3) is 0 Å². The minimum absolute atomic E-state index is 0.427. The average Bonchev–Trinajstić information content (AvgIpc) is 2.38. The van der Waals surface area contributed by atoms with Crippen LogP contribution in [-0.2, 0) is 0 Å². The van der Waals surface area contributed by atoms with Crippen molar-refractivity contribution in [2.45, 2.75) is 32.7 Å². The third kappa shape index (κ3) is 4.63. The quantitative estimate of drug-likeness (QED) is 0.867. The number of benzene rings is 1. The Kier molecular flexibility index (Phi) is 6.16. The van der Waals surface area contributed by atoms with Crippen molar-refractivity contribution < 1.29 is 0 Å². The minimum Gasteiger partial charge on any atom is -0.314 e. The molecule has 0 aliphatic carbocycles. The lowest BCUT2D eigenvalue weighted by atomic mass is 9.96. The maximum Gasteiger partial charge on any atom is 0.0424 e. The molecule has 1 N–H and O–H groups in total. The highest BCUT2D eigenvalue weighted by Gasteiger charge is 2.22. The van der Waals surface area contributed by atoms with Gasteiger partial charge in [0, 0.05) is 42.3 Å². The molecule has 1 saturated heterocycles. The van der Waals surface area contributed by atoms with Crippen LogP contribution in [0.25, 0.3) is 0 Å². The molecular formula is C16H24Cl2N2. The van der Waals surface area contributed by atoms with Gasteiger partial charge < -0.3 is 5.32 Å². The summed E-state index contributed by atoms with van der Waals surface area (Å²) in [5.41, 5.74) is 1.25. The van der Waals surface area contributed by atoms with Crippen LogP contribution in [0.4, 0.5) is 0 Å². The van der Waals surface area contributed by atoms with E-state index >= 15 is 0 Å². The van der Waals surface area contributed by atoms with Crippen LogP contribution in [0.15, 0.2) is 18.2 Å². The lowest BCUT2D eigenvalue weighted by Crippen LogP contribution is -2.45. The van der Waals surface area contributed by atoms with E-state index < -0.39 is 0 Å².